The number of nitrogens with zero attached hydrogens (tertiary/aromatic N) is 3. The van der Waals surface area contributed by atoms with Gasteiger partial charge in [-0.15, -0.1) is 10.2 Å². The van der Waals surface area contributed by atoms with Gasteiger partial charge in [-0.25, -0.2) is 0 Å². The van der Waals surface area contributed by atoms with Crippen LogP contribution in [0.2, 0.25) is 5.02 Å². The molecule has 1 atom stereocenters. The number of hydrogen-bond donors (Lipinski definition) is 1. The quantitative estimate of drug-likeness (QED) is 0.883. The fourth-order valence-electron chi connectivity index (χ4n) is 1.76. The third-order valence-electron chi connectivity index (χ3n) is 2.79. The average Bonchev–Trinajstić information content (AvgIpc) is 2.90. The van der Waals surface area contributed by atoms with Gasteiger partial charge in [0.1, 0.15) is 10.0 Å². The molecule has 2 rings (SSSR count). The Morgan fingerprint density at radius 2 is 2.21 bits per heavy atom. The van der Waals surface area contributed by atoms with Crippen LogP contribution in [0.1, 0.15) is 37.7 Å². The maximum atomic E-state index is 6.13. The molecule has 0 amide bonds. The molecule has 19 heavy (non-hydrogen) atoms. The van der Waals surface area contributed by atoms with Crippen LogP contribution in [0.5, 0.6) is 0 Å². The molecule has 1 unspecified atom stereocenters. The topological polar surface area (TPSA) is 50.7 Å². The molecule has 0 radical (unpaired) electrons. The van der Waals surface area contributed by atoms with Crippen molar-refractivity contribution in [2.45, 2.75) is 32.7 Å². The summed E-state index contributed by atoms with van der Waals surface area (Å²) in [5.41, 5.74) is 0.894. The van der Waals surface area contributed by atoms with Gasteiger partial charge in [0, 0.05) is 18.0 Å². The van der Waals surface area contributed by atoms with Gasteiger partial charge in [0.15, 0.2) is 0 Å². The molecular formula is C13H17ClN4S. The minimum Gasteiger partial charge on any atom is -0.308 e. The van der Waals surface area contributed by atoms with Crippen molar-refractivity contribution >= 4 is 22.9 Å². The highest BCUT2D eigenvalue weighted by Gasteiger charge is 2.16. The van der Waals surface area contributed by atoms with Crippen molar-refractivity contribution < 1.29 is 0 Å². The Kier molecular flexibility index (Phi) is 5.24. The zero-order chi connectivity index (χ0) is 13.7. The molecule has 2 heterocycles. The summed E-state index contributed by atoms with van der Waals surface area (Å²) in [6, 6.07) is 2.14. The van der Waals surface area contributed by atoms with Crippen LogP contribution >= 0.6 is 22.9 Å². The van der Waals surface area contributed by atoms with Crippen molar-refractivity contribution in [2.75, 3.05) is 6.54 Å². The number of hydrogen-bond acceptors (Lipinski definition) is 5. The average molecular weight is 297 g/mol. The number of aromatic nitrogens is 3. The Bertz CT molecular complexity index is 529. The summed E-state index contributed by atoms with van der Waals surface area (Å²) in [5, 5.41) is 14.5. The van der Waals surface area contributed by atoms with Crippen molar-refractivity contribution in [2.24, 2.45) is 0 Å². The molecule has 2 aromatic heterocycles. The fraction of sp³-hybridized carbons (Fsp3) is 0.462. The van der Waals surface area contributed by atoms with E-state index in [0.29, 0.717) is 5.02 Å². The highest BCUT2D eigenvalue weighted by molar-refractivity contribution is 7.14. The summed E-state index contributed by atoms with van der Waals surface area (Å²) in [4.78, 5) is 3.98. The molecule has 0 aromatic carbocycles. The lowest BCUT2D eigenvalue weighted by Crippen LogP contribution is -2.21. The highest BCUT2D eigenvalue weighted by Crippen LogP contribution is 2.31. The first-order chi connectivity index (χ1) is 9.26. The summed E-state index contributed by atoms with van der Waals surface area (Å²) in [6.45, 7) is 5.29. The third-order valence-corrected chi connectivity index (χ3v) is 4.16. The van der Waals surface area contributed by atoms with E-state index in [4.69, 9.17) is 11.6 Å². The zero-order valence-electron chi connectivity index (χ0n) is 11.1. The van der Waals surface area contributed by atoms with Crippen molar-refractivity contribution in [3.63, 3.8) is 0 Å². The molecule has 1 N–H and O–H groups in total. The van der Waals surface area contributed by atoms with E-state index in [1.807, 2.05) is 6.07 Å². The van der Waals surface area contributed by atoms with Gasteiger partial charge in [0.25, 0.3) is 0 Å². The number of nitrogens with one attached hydrogen (secondary N) is 1. The Balaban J connectivity index is 2.21. The van der Waals surface area contributed by atoms with E-state index < -0.39 is 0 Å². The van der Waals surface area contributed by atoms with E-state index in [2.05, 4.69) is 34.3 Å². The van der Waals surface area contributed by atoms with Gasteiger partial charge in [-0.3, -0.25) is 4.98 Å². The second-order valence-electron chi connectivity index (χ2n) is 4.22. The summed E-state index contributed by atoms with van der Waals surface area (Å²) in [6.07, 6.45) is 5.45. The first kappa shape index (κ1) is 14.4. The van der Waals surface area contributed by atoms with E-state index in [-0.39, 0.29) is 6.04 Å². The third kappa shape index (κ3) is 3.49. The maximum Gasteiger partial charge on any atom is 0.149 e. The van der Waals surface area contributed by atoms with Crippen molar-refractivity contribution in [1.82, 2.24) is 20.5 Å². The molecule has 0 spiro atoms. The molecule has 0 bridgehead atoms. The normalized spacial score (nSPS) is 12.6. The Labute approximate surface area is 122 Å². The monoisotopic (exact) mass is 296 g/mol. The minimum atomic E-state index is 0.270. The summed E-state index contributed by atoms with van der Waals surface area (Å²) >= 11 is 7.71. The van der Waals surface area contributed by atoms with Gasteiger partial charge in [-0.05, 0) is 25.5 Å². The van der Waals surface area contributed by atoms with Gasteiger partial charge >= 0.3 is 0 Å². The number of halogens is 1. The largest absolute Gasteiger partial charge is 0.308 e. The summed E-state index contributed by atoms with van der Waals surface area (Å²) in [7, 11) is 0. The highest BCUT2D eigenvalue weighted by atomic mass is 35.5. The van der Waals surface area contributed by atoms with Crippen LogP contribution in [0, 0.1) is 0 Å². The van der Waals surface area contributed by atoms with Crippen LogP contribution in [0.25, 0.3) is 10.6 Å². The van der Waals surface area contributed by atoms with Crippen LogP contribution in [0.4, 0.5) is 0 Å². The predicted octanol–water partition coefficient (Wildman–Crippen LogP) is 3.70. The second kappa shape index (κ2) is 6.93. The molecule has 102 valence electrons. The SMILES string of the molecule is CCCNC(CC)c1nnc(-c2ccncc2Cl)s1. The lowest BCUT2D eigenvalue weighted by atomic mass is 10.2. The van der Waals surface area contributed by atoms with Gasteiger partial charge in [0.05, 0.1) is 11.1 Å². The molecular weight excluding hydrogens is 280 g/mol. The molecule has 4 nitrogen and oxygen atoms in total. The molecule has 0 fully saturated rings. The lowest BCUT2D eigenvalue weighted by Gasteiger charge is -2.12. The van der Waals surface area contributed by atoms with E-state index in [0.717, 1.165) is 35.0 Å². The van der Waals surface area contributed by atoms with Crippen molar-refractivity contribution in [3.8, 4) is 10.6 Å². The zero-order valence-corrected chi connectivity index (χ0v) is 12.6. The summed E-state index contributed by atoms with van der Waals surface area (Å²) in [5.74, 6) is 0. The fourth-order valence-corrected chi connectivity index (χ4v) is 3.06. The lowest BCUT2D eigenvalue weighted by molar-refractivity contribution is 0.513. The first-order valence-corrected chi connectivity index (χ1v) is 7.62. The predicted molar refractivity (Wildman–Crippen MR) is 79.5 cm³/mol. The van der Waals surface area contributed by atoms with Gasteiger partial charge in [-0.2, -0.15) is 0 Å². The maximum absolute atomic E-state index is 6.13. The molecule has 0 aliphatic heterocycles. The minimum absolute atomic E-state index is 0.270. The smallest absolute Gasteiger partial charge is 0.149 e. The molecule has 0 aliphatic carbocycles. The standard InChI is InChI=1S/C13H17ClN4S/c1-3-6-16-11(4-2)13-18-17-12(19-13)9-5-7-15-8-10(9)14/h5,7-8,11,16H,3-4,6H2,1-2H3. The number of rotatable bonds is 6. The molecule has 6 heteroatoms. The van der Waals surface area contributed by atoms with E-state index in [9.17, 15) is 0 Å². The van der Waals surface area contributed by atoms with E-state index >= 15 is 0 Å². The van der Waals surface area contributed by atoms with E-state index in [1.165, 1.54) is 0 Å². The van der Waals surface area contributed by atoms with Crippen LogP contribution in [-0.4, -0.2) is 21.7 Å². The Morgan fingerprint density at radius 1 is 1.37 bits per heavy atom. The summed E-state index contributed by atoms with van der Waals surface area (Å²) < 4.78 is 0. The van der Waals surface area contributed by atoms with Crippen LogP contribution < -0.4 is 5.32 Å². The van der Waals surface area contributed by atoms with Crippen LogP contribution in [-0.2, 0) is 0 Å². The Hall–Kier alpha value is -1.04. The van der Waals surface area contributed by atoms with Crippen molar-refractivity contribution in [1.29, 1.82) is 0 Å². The van der Waals surface area contributed by atoms with Gasteiger partial charge in [0.2, 0.25) is 0 Å². The van der Waals surface area contributed by atoms with Crippen LogP contribution in [0.15, 0.2) is 18.5 Å². The number of pyridine rings is 1. The van der Waals surface area contributed by atoms with Gasteiger partial charge in [-0.1, -0.05) is 36.8 Å². The molecule has 0 saturated heterocycles. The van der Waals surface area contributed by atoms with E-state index in [1.54, 1.807) is 23.7 Å². The van der Waals surface area contributed by atoms with Crippen LogP contribution in [0.3, 0.4) is 0 Å². The van der Waals surface area contributed by atoms with Crippen molar-refractivity contribution in [3.05, 3.63) is 28.5 Å². The van der Waals surface area contributed by atoms with Gasteiger partial charge < -0.3 is 5.32 Å². The first-order valence-electron chi connectivity index (χ1n) is 6.42. The molecule has 0 saturated carbocycles. The molecule has 2 aromatic rings. The second-order valence-corrected chi connectivity index (χ2v) is 5.63. The Morgan fingerprint density at radius 3 is 2.89 bits per heavy atom. The molecule has 0 aliphatic rings.